The third kappa shape index (κ3) is 7.68. The lowest BCUT2D eigenvalue weighted by Gasteiger charge is -2.20. The molecule has 0 spiro atoms. The predicted molar refractivity (Wildman–Crippen MR) is 85.3 cm³/mol. The average Bonchev–Trinajstić information content (AvgIpc) is 2.48. The van der Waals surface area contributed by atoms with Crippen molar-refractivity contribution in [2.24, 2.45) is 0 Å². The number of carbonyl (C=O) groups is 1. The van der Waals surface area contributed by atoms with Crippen LogP contribution in [-0.4, -0.2) is 63.3 Å². The first-order chi connectivity index (χ1) is 10.1. The van der Waals surface area contributed by atoms with E-state index in [4.69, 9.17) is 4.74 Å². The Morgan fingerprint density at radius 2 is 1.90 bits per heavy atom. The molecule has 5 nitrogen and oxygen atoms in total. The molecule has 0 fully saturated rings. The number of carbonyl (C=O) groups excluding carboxylic acids is 1. The Balaban J connectivity index is 2.18. The van der Waals surface area contributed by atoms with E-state index in [0.29, 0.717) is 13.1 Å². The Morgan fingerprint density at radius 3 is 2.57 bits per heavy atom. The van der Waals surface area contributed by atoms with E-state index >= 15 is 0 Å². The second-order valence-corrected chi connectivity index (χ2v) is 5.22. The number of nitrogens with one attached hydrogen (secondary N) is 1. The Morgan fingerprint density at radius 1 is 1.19 bits per heavy atom. The van der Waals surface area contributed by atoms with Gasteiger partial charge in [0.15, 0.2) is 0 Å². The van der Waals surface area contributed by atoms with E-state index in [0.717, 1.165) is 31.7 Å². The Bertz CT molecular complexity index is 398. The van der Waals surface area contributed by atoms with Crippen molar-refractivity contribution >= 4 is 6.03 Å². The molecule has 1 N–H and O–H groups in total. The summed E-state index contributed by atoms with van der Waals surface area (Å²) >= 11 is 0. The molecule has 0 bridgehead atoms. The van der Waals surface area contributed by atoms with Crippen molar-refractivity contribution in [1.82, 2.24) is 15.1 Å². The second-order valence-electron chi connectivity index (χ2n) is 5.22. The first-order valence-electron chi connectivity index (χ1n) is 7.34. The van der Waals surface area contributed by atoms with Crippen LogP contribution in [0, 0.1) is 0 Å². The van der Waals surface area contributed by atoms with Crippen LogP contribution in [0.15, 0.2) is 30.3 Å². The van der Waals surface area contributed by atoms with Gasteiger partial charge in [-0.05, 0) is 19.0 Å². The van der Waals surface area contributed by atoms with E-state index < -0.39 is 0 Å². The van der Waals surface area contributed by atoms with Gasteiger partial charge in [-0.1, -0.05) is 30.3 Å². The van der Waals surface area contributed by atoms with Crippen LogP contribution in [-0.2, 0) is 11.3 Å². The maximum Gasteiger partial charge on any atom is 0.317 e. The fraction of sp³-hybridized carbons (Fsp3) is 0.562. The fourth-order valence-corrected chi connectivity index (χ4v) is 2.01. The lowest BCUT2D eigenvalue weighted by atomic mass is 10.2. The van der Waals surface area contributed by atoms with Gasteiger partial charge in [0.05, 0.1) is 0 Å². The maximum atomic E-state index is 12.0. The summed E-state index contributed by atoms with van der Waals surface area (Å²) in [5, 5.41) is 2.94. The standard InChI is InChI=1S/C16H27N3O2/c1-18(11-7-13-21-3)12-10-17-16(20)19(2)14-15-8-5-4-6-9-15/h4-6,8-9H,7,10-14H2,1-3H3,(H,17,20). The molecule has 1 aromatic rings. The zero-order valence-electron chi connectivity index (χ0n) is 13.3. The molecule has 2 amide bonds. The van der Waals surface area contributed by atoms with Crippen molar-refractivity contribution in [3.05, 3.63) is 35.9 Å². The number of hydrogen-bond donors (Lipinski definition) is 1. The molecule has 0 unspecified atom stereocenters. The van der Waals surface area contributed by atoms with Crippen LogP contribution < -0.4 is 5.32 Å². The van der Waals surface area contributed by atoms with Crippen LogP contribution in [0.3, 0.4) is 0 Å². The highest BCUT2D eigenvalue weighted by molar-refractivity contribution is 5.73. The van der Waals surface area contributed by atoms with Crippen molar-refractivity contribution in [3.8, 4) is 0 Å². The molecule has 0 aromatic heterocycles. The Labute approximate surface area is 127 Å². The highest BCUT2D eigenvalue weighted by Crippen LogP contribution is 2.02. The van der Waals surface area contributed by atoms with Crippen LogP contribution in [0.5, 0.6) is 0 Å². The number of urea groups is 1. The zero-order valence-corrected chi connectivity index (χ0v) is 13.3. The molecule has 0 saturated carbocycles. The summed E-state index contributed by atoms with van der Waals surface area (Å²) in [5.41, 5.74) is 1.13. The summed E-state index contributed by atoms with van der Waals surface area (Å²) in [5.74, 6) is 0. The number of likely N-dealkylation sites (N-methyl/N-ethyl adjacent to an activating group) is 1. The predicted octanol–water partition coefficient (Wildman–Crippen LogP) is 1.80. The van der Waals surface area contributed by atoms with Gasteiger partial charge < -0.3 is 19.9 Å². The average molecular weight is 293 g/mol. The fourth-order valence-electron chi connectivity index (χ4n) is 2.01. The molecule has 0 atom stereocenters. The molecule has 1 aromatic carbocycles. The van der Waals surface area contributed by atoms with Gasteiger partial charge >= 0.3 is 6.03 Å². The first-order valence-corrected chi connectivity index (χ1v) is 7.34. The molecule has 0 aliphatic heterocycles. The van der Waals surface area contributed by atoms with Gasteiger partial charge in [0.25, 0.3) is 0 Å². The van der Waals surface area contributed by atoms with Crippen molar-refractivity contribution in [2.75, 3.05) is 47.4 Å². The molecule has 0 heterocycles. The summed E-state index contributed by atoms with van der Waals surface area (Å²) in [7, 11) is 5.57. The third-order valence-corrected chi connectivity index (χ3v) is 3.27. The SMILES string of the molecule is COCCCN(C)CCNC(=O)N(C)Cc1ccccc1. The summed E-state index contributed by atoms with van der Waals surface area (Å²) in [4.78, 5) is 15.9. The second kappa shape index (κ2) is 10.2. The molecular formula is C16H27N3O2. The molecule has 118 valence electrons. The number of methoxy groups -OCH3 is 1. The van der Waals surface area contributed by atoms with Crippen LogP contribution >= 0.6 is 0 Å². The van der Waals surface area contributed by atoms with Crippen molar-refractivity contribution < 1.29 is 9.53 Å². The van der Waals surface area contributed by atoms with Gasteiger partial charge in [0.2, 0.25) is 0 Å². The van der Waals surface area contributed by atoms with Crippen LogP contribution in [0.2, 0.25) is 0 Å². The minimum Gasteiger partial charge on any atom is -0.385 e. The molecule has 5 heteroatoms. The van der Waals surface area contributed by atoms with Gasteiger partial charge in [0.1, 0.15) is 0 Å². The number of nitrogens with zero attached hydrogens (tertiary/aromatic N) is 2. The summed E-state index contributed by atoms with van der Waals surface area (Å²) in [6.45, 7) is 3.87. The van der Waals surface area contributed by atoms with Gasteiger partial charge in [0, 0.05) is 46.9 Å². The van der Waals surface area contributed by atoms with Gasteiger partial charge in [-0.3, -0.25) is 0 Å². The van der Waals surface area contributed by atoms with E-state index in [1.165, 1.54) is 0 Å². The number of ether oxygens (including phenoxy) is 1. The van der Waals surface area contributed by atoms with Crippen molar-refractivity contribution in [1.29, 1.82) is 0 Å². The molecule has 0 saturated heterocycles. The van der Waals surface area contributed by atoms with Gasteiger partial charge in [-0.15, -0.1) is 0 Å². The van der Waals surface area contributed by atoms with Gasteiger partial charge in [-0.25, -0.2) is 4.79 Å². The molecule has 0 radical (unpaired) electrons. The number of rotatable bonds is 9. The van der Waals surface area contributed by atoms with E-state index in [1.807, 2.05) is 37.4 Å². The van der Waals surface area contributed by atoms with Crippen LogP contribution in [0.4, 0.5) is 4.79 Å². The zero-order chi connectivity index (χ0) is 15.5. The molecular weight excluding hydrogens is 266 g/mol. The summed E-state index contributed by atoms with van der Waals surface area (Å²) in [6, 6.07) is 9.94. The molecule has 0 aliphatic rings. The Hall–Kier alpha value is -1.59. The van der Waals surface area contributed by atoms with E-state index in [-0.39, 0.29) is 6.03 Å². The van der Waals surface area contributed by atoms with Crippen molar-refractivity contribution in [3.63, 3.8) is 0 Å². The first kappa shape index (κ1) is 17.5. The molecule has 1 rings (SSSR count). The third-order valence-electron chi connectivity index (χ3n) is 3.27. The number of amides is 2. The monoisotopic (exact) mass is 293 g/mol. The summed E-state index contributed by atoms with van der Waals surface area (Å²) in [6.07, 6.45) is 1.01. The Kier molecular flexibility index (Phi) is 8.47. The number of benzene rings is 1. The molecule has 0 aliphatic carbocycles. The number of hydrogen-bond acceptors (Lipinski definition) is 3. The largest absolute Gasteiger partial charge is 0.385 e. The van der Waals surface area contributed by atoms with Crippen LogP contribution in [0.25, 0.3) is 0 Å². The van der Waals surface area contributed by atoms with E-state index in [9.17, 15) is 4.79 Å². The topological polar surface area (TPSA) is 44.8 Å². The lowest BCUT2D eigenvalue weighted by Crippen LogP contribution is -2.40. The van der Waals surface area contributed by atoms with Crippen molar-refractivity contribution in [2.45, 2.75) is 13.0 Å². The van der Waals surface area contributed by atoms with E-state index in [1.54, 1.807) is 12.0 Å². The minimum atomic E-state index is -0.0378. The molecule has 21 heavy (non-hydrogen) atoms. The smallest absolute Gasteiger partial charge is 0.317 e. The lowest BCUT2D eigenvalue weighted by molar-refractivity contribution is 0.178. The van der Waals surface area contributed by atoms with E-state index in [2.05, 4.69) is 17.3 Å². The minimum absolute atomic E-state index is 0.0378. The summed E-state index contributed by atoms with van der Waals surface area (Å²) < 4.78 is 5.02. The highest BCUT2D eigenvalue weighted by Gasteiger charge is 2.08. The van der Waals surface area contributed by atoms with Gasteiger partial charge in [-0.2, -0.15) is 0 Å². The highest BCUT2D eigenvalue weighted by atomic mass is 16.5. The van der Waals surface area contributed by atoms with Crippen LogP contribution in [0.1, 0.15) is 12.0 Å². The normalized spacial score (nSPS) is 10.7. The quantitative estimate of drug-likeness (QED) is 0.706. The maximum absolute atomic E-state index is 12.0.